The lowest BCUT2D eigenvalue weighted by Gasteiger charge is -2.07. The maximum atomic E-state index is 11.3. The van der Waals surface area contributed by atoms with Gasteiger partial charge in [0, 0.05) is 11.0 Å². The van der Waals surface area contributed by atoms with Gasteiger partial charge in [0.05, 0.1) is 22.9 Å². The number of benzene rings is 2. The number of nitrogens with zero attached hydrogens (tertiary/aromatic N) is 2. The Labute approximate surface area is 123 Å². The molecule has 1 N–H and O–H groups in total. The monoisotopic (exact) mass is 330 g/mol. The van der Waals surface area contributed by atoms with Crippen LogP contribution in [0.15, 0.2) is 53.3 Å². The van der Waals surface area contributed by atoms with Crippen molar-refractivity contribution in [3.05, 3.63) is 64.4 Å². The third kappa shape index (κ3) is 2.32. The van der Waals surface area contributed by atoms with Crippen molar-refractivity contribution >= 4 is 32.9 Å². The van der Waals surface area contributed by atoms with Crippen molar-refractivity contribution in [3.8, 4) is 0 Å². The zero-order valence-electron chi connectivity index (χ0n) is 10.5. The van der Waals surface area contributed by atoms with Crippen LogP contribution in [0.5, 0.6) is 0 Å². The Morgan fingerprint density at radius 2 is 2.05 bits per heavy atom. The maximum Gasteiger partial charge on any atom is 0.337 e. The molecule has 5 heteroatoms. The first-order valence-electron chi connectivity index (χ1n) is 6.07. The number of hydrogen-bond donors (Lipinski definition) is 1. The average molecular weight is 331 g/mol. The lowest BCUT2D eigenvalue weighted by molar-refractivity contribution is 0.0698. The molecule has 3 aromatic rings. The summed E-state index contributed by atoms with van der Waals surface area (Å²) in [5, 5.41) is 9.29. The van der Waals surface area contributed by atoms with Gasteiger partial charge >= 0.3 is 5.97 Å². The van der Waals surface area contributed by atoms with Gasteiger partial charge in [-0.1, -0.05) is 34.1 Å². The summed E-state index contributed by atoms with van der Waals surface area (Å²) in [6.45, 7) is 0.584. The van der Waals surface area contributed by atoms with Gasteiger partial charge in [-0.2, -0.15) is 0 Å². The van der Waals surface area contributed by atoms with E-state index in [0.717, 1.165) is 10.0 Å². The second-order valence-electron chi connectivity index (χ2n) is 4.48. The third-order valence-corrected chi connectivity index (χ3v) is 3.60. The van der Waals surface area contributed by atoms with Crippen LogP contribution in [0, 0.1) is 0 Å². The van der Waals surface area contributed by atoms with Gasteiger partial charge in [0.2, 0.25) is 0 Å². The molecule has 0 fully saturated rings. The molecule has 2 aromatic carbocycles. The number of aromatic carboxylic acids is 1. The van der Waals surface area contributed by atoms with Gasteiger partial charge in [0.1, 0.15) is 0 Å². The fourth-order valence-electron chi connectivity index (χ4n) is 2.25. The van der Waals surface area contributed by atoms with Gasteiger partial charge in [-0.25, -0.2) is 9.78 Å². The Balaban J connectivity index is 2.10. The highest BCUT2D eigenvalue weighted by atomic mass is 79.9. The van der Waals surface area contributed by atoms with Crippen molar-refractivity contribution in [1.82, 2.24) is 9.55 Å². The molecule has 0 bridgehead atoms. The summed E-state index contributed by atoms with van der Waals surface area (Å²) >= 11 is 3.43. The van der Waals surface area contributed by atoms with Gasteiger partial charge in [-0.3, -0.25) is 0 Å². The topological polar surface area (TPSA) is 55.1 Å². The molecule has 0 spiro atoms. The largest absolute Gasteiger partial charge is 0.478 e. The Bertz CT molecular complexity index is 795. The maximum absolute atomic E-state index is 11.3. The number of carboxylic acid groups (broad SMARTS) is 1. The SMILES string of the molecule is O=C(O)c1cccc2ncn(Cc3cccc(Br)c3)c12. The second-order valence-corrected chi connectivity index (χ2v) is 5.40. The molecule has 1 heterocycles. The van der Waals surface area contributed by atoms with E-state index in [1.165, 1.54) is 0 Å². The van der Waals surface area contributed by atoms with E-state index < -0.39 is 5.97 Å². The predicted octanol–water partition coefficient (Wildman–Crippen LogP) is 3.55. The molecule has 0 radical (unpaired) electrons. The molecule has 4 nitrogen and oxygen atoms in total. The molecule has 0 saturated carbocycles. The number of rotatable bonds is 3. The highest BCUT2D eigenvalue weighted by Gasteiger charge is 2.13. The molecule has 100 valence electrons. The molecule has 0 amide bonds. The Hall–Kier alpha value is -2.14. The highest BCUT2D eigenvalue weighted by molar-refractivity contribution is 9.10. The first-order chi connectivity index (χ1) is 9.65. The summed E-state index contributed by atoms with van der Waals surface area (Å²) in [4.78, 5) is 15.6. The van der Waals surface area contributed by atoms with Gasteiger partial charge in [0.15, 0.2) is 0 Å². The van der Waals surface area contributed by atoms with Crippen molar-refractivity contribution in [3.63, 3.8) is 0 Å². The van der Waals surface area contributed by atoms with Gasteiger partial charge in [-0.15, -0.1) is 0 Å². The van der Waals surface area contributed by atoms with Crippen LogP contribution >= 0.6 is 15.9 Å². The molecular weight excluding hydrogens is 320 g/mol. The van der Waals surface area contributed by atoms with Crippen LogP contribution in [-0.4, -0.2) is 20.6 Å². The van der Waals surface area contributed by atoms with Crippen LogP contribution in [0.25, 0.3) is 11.0 Å². The van der Waals surface area contributed by atoms with Crippen molar-refractivity contribution < 1.29 is 9.90 Å². The molecule has 0 aliphatic rings. The molecular formula is C15H11BrN2O2. The van der Waals surface area contributed by atoms with E-state index in [-0.39, 0.29) is 5.56 Å². The molecule has 20 heavy (non-hydrogen) atoms. The quantitative estimate of drug-likeness (QED) is 0.799. The summed E-state index contributed by atoms with van der Waals surface area (Å²) < 4.78 is 2.86. The van der Waals surface area contributed by atoms with Crippen molar-refractivity contribution in [2.45, 2.75) is 6.54 Å². The Kier molecular flexibility index (Phi) is 3.28. The van der Waals surface area contributed by atoms with Crippen molar-refractivity contribution in [2.75, 3.05) is 0 Å². The fraction of sp³-hybridized carbons (Fsp3) is 0.0667. The molecule has 1 aromatic heterocycles. The number of aromatic nitrogens is 2. The predicted molar refractivity (Wildman–Crippen MR) is 79.9 cm³/mol. The van der Waals surface area contributed by atoms with Gasteiger partial charge < -0.3 is 9.67 Å². The smallest absolute Gasteiger partial charge is 0.337 e. The second kappa shape index (κ2) is 5.09. The molecule has 0 aliphatic heterocycles. The minimum absolute atomic E-state index is 0.273. The minimum Gasteiger partial charge on any atom is -0.478 e. The average Bonchev–Trinajstić information content (AvgIpc) is 2.82. The molecule has 0 saturated heterocycles. The van der Waals surface area contributed by atoms with Crippen LogP contribution in [0.4, 0.5) is 0 Å². The number of fused-ring (bicyclic) bond motifs is 1. The van der Waals surface area contributed by atoms with Crippen LogP contribution in [-0.2, 0) is 6.54 Å². The lowest BCUT2D eigenvalue weighted by atomic mass is 10.1. The number of halogens is 1. The standard InChI is InChI=1S/C15H11BrN2O2/c16-11-4-1-3-10(7-11)8-18-9-17-13-6-2-5-12(14(13)18)15(19)20/h1-7,9H,8H2,(H,19,20). The van der Waals surface area contributed by atoms with Crippen molar-refractivity contribution in [1.29, 1.82) is 0 Å². The first kappa shape index (κ1) is 12.9. The first-order valence-corrected chi connectivity index (χ1v) is 6.86. The molecule has 0 aliphatic carbocycles. The molecule has 0 atom stereocenters. The van der Waals surface area contributed by atoms with Crippen LogP contribution in [0.1, 0.15) is 15.9 Å². The van der Waals surface area contributed by atoms with Crippen molar-refractivity contribution in [2.24, 2.45) is 0 Å². The number of carboxylic acids is 1. The zero-order chi connectivity index (χ0) is 14.1. The van der Waals surface area contributed by atoms with E-state index in [1.54, 1.807) is 18.5 Å². The highest BCUT2D eigenvalue weighted by Crippen LogP contribution is 2.20. The summed E-state index contributed by atoms with van der Waals surface area (Å²) in [7, 11) is 0. The summed E-state index contributed by atoms with van der Waals surface area (Å²) in [6.07, 6.45) is 1.68. The Morgan fingerprint density at radius 1 is 1.25 bits per heavy atom. The number of imidazole rings is 1. The van der Waals surface area contributed by atoms with Gasteiger partial charge in [-0.05, 0) is 29.8 Å². The molecule has 0 unspecified atom stereocenters. The minimum atomic E-state index is -0.938. The van der Waals surface area contributed by atoms with Crippen LogP contribution in [0.3, 0.4) is 0 Å². The fourth-order valence-corrected chi connectivity index (χ4v) is 2.70. The third-order valence-electron chi connectivity index (χ3n) is 3.11. The Morgan fingerprint density at radius 3 is 2.80 bits per heavy atom. The van der Waals surface area contributed by atoms with Crippen LogP contribution in [0.2, 0.25) is 0 Å². The van der Waals surface area contributed by atoms with Gasteiger partial charge in [0.25, 0.3) is 0 Å². The number of para-hydroxylation sites is 1. The zero-order valence-corrected chi connectivity index (χ0v) is 12.0. The summed E-state index contributed by atoms with van der Waals surface area (Å²) in [6, 6.07) is 13.1. The normalized spacial score (nSPS) is 10.8. The number of carbonyl (C=O) groups is 1. The van der Waals surface area contributed by atoms with E-state index in [2.05, 4.69) is 20.9 Å². The van der Waals surface area contributed by atoms with Crippen LogP contribution < -0.4 is 0 Å². The van der Waals surface area contributed by atoms with E-state index in [1.807, 2.05) is 34.9 Å². The summed E-state index contributed by atoms with van der Waals surface area (Å²) in [5.74, 6) is -0.938. The van der Waals surface area contributed by atoms with E-state index in [9.17, 15) is 9.90 Å². The lowest BCUT2D eigenvalue weighted by Crippen LogP contribution is -2.04. The van der Waals surface area contributed by atoms with E-state index in [4.69, 9.17) is 0 Å². The van der Waals surface area contributed by atoms with E-state index in [0.29, 0.717) is 17.6 Å². The summed E-state index contributed by atoms with van der Waals surface area (Å²) in [5.41, 5.74) is 2.70. The number of hydrogen-bond acceptors (Lipinski definition) is 2. The van der Waals surface area contributed by atoms with E-state index >= 15 is 0 Å². The molecule has 3 rings (SSSR count).